The topological polar surface area (TPSA) is 73.8 Å². The molecule has 1 aromatic carbocycles. The Morgan fingerprint density at radius 2 is 2.14 bits per heavy atom. The fourth-order valence-corrected chi connectivity index (χ4v) is 4.53. The van der Waals surface area contributed by atoms with E-state index in [-0.39, 0.29) is 16.6 Å². The van der Waals surface area contributed by atoms with Crippen LogP contribution >= 0.6 is 23.1 Å². The van der Waals surface area contributed by atoms with E-state index in [1.165, 1.54) is 29.2 Å². The van der Waals surface area contributed by atoms with Crippen LogP contribution in [0, 0.1) is 12.7 Å². The van der Waals surface area contributed by atoms with Gasteiger partial charge in [-0.05, 0) is 43.8 Å². The quantitative estimate of drug-likeness (QED) is 0.343. The predicted molar refractivity (Wildman–Crippen MR) is 108 cm³/mol. The molecule has 0 aliphatic rings. The first-order valence-corrected chi connectivity index (χ1v) is 10.5. The van der Waals surface area contributed by atoms with E-state index < -0.39 is 0 Å². The Morgan fingerprint density at radius 1 is 1.32 bits per heavy atom. The lowest BCUT2D eigenvalue weighted by Gasteiger charge is -2.11. The van der Waals surface area contributed by atoms with Gasteiger partial charge >= 0.3 is 0 Å². The Bertz CT molecular complexity index is 1210. The molecular formula is C19H17FN4O2S2. The number of thiophene rings is 1. The maximum atomic E-state index is 13.8. The molecule has 0 aliphatic heterocycles. The lowest BCUT2D eigenvalue weighted by Crippen LogP contribution is -2.21. The number of aromatic nitrogens is 4. The van der Waals surface area contributed by atoms with E-state index in [0.717, 1.165) is 0 Å². The van der Waals surface area contributed by atoms with Gasteiger partial charge in [-0.1, -0.05) is 29.1 Å². The molecule has 6 nitrogen and oxygen atoms in total. The third-order valence-corrected chi connectivity index (χ3v) is 6.32. The van der Waals surface area contributed by atoms with Crippen molar-refractivity contribution in [2.45, 2.75) is 37.7 Å². The van der Waals surface area contributed by atoms with Crippen LogP contribution in [0.2, 0.25) is 0 Å². The molecule has 1 unspecified atom stereocenters. The first-order valence-electron chi connectivity index (χ1n) is 8.72. The number of nitrogens with zero attached hydrogens (tertiary/aromatic N) is 4. The summed E-state index contributed by atoms with van der Waals surface area (Å²) in [6.45, 7) is 6.03. The van der Waals surface area contributed by atoms with Crippen LogP contribution in [0.3, 0.4) is 0 Å². The second-order valence-corrected chi connectivity index (χ2v) is 8.48. The van der Waals surface area contributed by atoms with E-state index in [4.69, 9.17) is 4.52 Å². The number of hydrogen-bond donors (Lipinski definition) is 0. The molecule has 0 radical (unpaired) electrons. The van der Waals surface area contributed by atoms with Gasteiger partial charge in [-0.25, -0.2) is 9.37 Å². The first kappa shape index (κ1) is 18.8. The molecule has 144 valence electrons. The Morgan fingerprint density at radius 3 is 2.89 bits per heavy atom. The van der Waals surface area contributed by atoms with Gasteiger partial charge in [0.1, 0.15) is 10.5 Å². The van der Waals surface area contributed by atoms with Crippen LogP contribution < -0.4 is 5.56 Å². The molecule has 4 rings (SSSR count). The van der Waals surface area contributed by atoms with Crippen molar-refractivity contribution in [2.24, 2.45) is 0 Å². The highest BCUT2D eigenvalue weighted by Gasteiger charge is 2.20. The third-order valence-electron chi connectivity index (χ3n) is 4.35. The van der Waals surface area contributed by atoms with E-state index in [2.05, 4.69) is 15.1 Å². The third kappa shape index (κ3) is 3.35. The minimum Gasteiger partial charge on any atom is -0.338 e. The molecule has 0 amide bonds. The summed E-state index contributed by atoms with van der Waals surface area (Å²) in [6, 6.07) is 6.67. The average Bonchev–Trinajstić information content (AvgIpc) is 3.34. The lowest BCUT2D eigenvalue weighted by atomic mass is 10.1. The van der Waals surface area contributed by atoms with Gasteiger partial charge in [0.2, 0.25) is 11.7 Å². The normalized spacial score (nSPS) is 12.6. The highest BCUT2D eigenvalue weighted by molar-refractivity contribution is 7.99. The number of benzene rings is 1. The maximum absolute atomic E-state index is 13.8. The molecule has 0 spiro atoms. The molecular weight excluding hydrogens is 399 g/mol. The smallest absolute Gasteiger partial charge is 0.272 e. The fourth-order valence-electron chi connectivity index (χ4n) is 2.75. The number of hydrogen-bond acceptors (Lipinski definition) is 7. The minimum atomic E-state index is -0.313. The molecule has 28 heavy (non-hydrogen) atoms. The summed E-state index contributed by atoms with van der Waals surface area (Å²) in [5.41, 5.74) is 1.76. The van der Waals surface area contributed by atoms with E-state index in [1.54, 1.807) is 23.6 Å². The molecule has 0 saturated heterocycles. The van der Waals surface area contributed by atoms with Crippen molar-refractivity contribution in [3.05, 3.63) is 57.3 Å². The second kappa shape index (κ2) is 7.48. The molecule has 4 aromatic rings. The van der Waals surface area contributed by atoms with Gasteiger partial charge in [-0.15, -0.1) is 11.3 Å². The summed E-state index contributed by atoms with van der Waals surface area (Å²) in [5, 5.41) is 6.21. The van der Waals surface area contributed by atoms with Crippen molar-refractivity contribution in [3.8, 4) is 11.4 Å². The standard InChI is InChI=1S/C19H17FN4O2S2/c1-4-24-18(25)15-14(7-8-27-15)21-19(24)28-11(3)17-22-16(23-26-17)12-6-5-10(2)13(20)9-12/h5-9,11H,4H2,1-3H3. The van der Waals surface area contributed by atoms with Crippen LogP contribution in [0.5, 0.6) is 0 Å². The average molecular weight is 417 g/mol. The van der Waals surface area contributed by atoms with Crippen LogP contribution in [0.1, 0.15) is 30.6 Å². The molecule has 0 saturated carbocycles. The summed E-state index contributed by atoms with van der Waals surface area (Å²) >= 11 is 2.77. The monoisotopic (exact) mass is 416 g/mol. The van der Waals surface area contributed by atoms with Crippen molar-refractivity contribution in [2.75, 3.05) is 0 Å². The summed E-state index contributed by atoms with van der Waals surface area (Å²) in [4.78, 5) is 21.7. The molecule has 0 aliphatic carbocycles. The van der Waals surface area contributed by atoms with Gasteiger partial charge < -0.3 is 4.52 Å². The summed E-state index contributed by atoms with van der Waals surface area (Å²) < 4.78 is 21.5. The molecule has 0 bridgehead atoms. The van der Waals surface area contributed by atoms with Crippen molar-refractivity contribution in [1.29, 1.82) is 0 Å². The SMILES string of the molecule is CCn1c(SC(C)c2nc(-c3ccc(C)c(F)c3)no2)nc2ccsc2c1=O. The van der Waals surface area contributed by atoms with E-state index in [0.29, 0.717) is 44.8 Å². The molecule has 3 heterocycles. The van der Waals surface area contributed by atoms with Gasteiger partial charge in [-0.3, -0.25) is 9.36 Å². The van der Waals surface area contributed by atoms with Crippen LogP contribution in [0.4, 0.5) is 4.39 Å². The molecule has 0 N–H and O–H groups in total. The zero-order valence-electron chi connectivity index (χ0n) is 15.5. The molecule has 9 heteroatoms. The first-order chi connectivity index (χ1) is 13.5. The number of halogens is 1. The fraction of sp³-hybridized carbons (Fsp3) is 0.263. The van der Waals surface area contributed by atoms with Crippen LogP contribution in [0.25, 0.3) is 21.6 Å². The molecule has 3 aromatic heterocycles. The summed E-state index contributed by atoms with van der Waals surface area (Å²) in [6.07, 6.45) is 0. The van der Waals surface area contributed by atoms with Crippen LogP contribution in [-0.2, 0) is 6.54 Å². The Balaban J connectivity index is 1.63. The molecule has 1 atom stereocenters. The van der Waals surface area contributed by atoms with Crippen molar-refractivity contribution in [3.63, 3.8) is 0 Å². The zero-order valence-corrected chi connectivity index (χ0v) is 17.1. The highest BCUT2D eigenvalue weighted by atomic mass is 32.2. The number of fused-ring (bicyclic) bond motifs is 1. The van der Waals surface area contributed by atoms with Crippen molar-refractivity contribution >= 4 is 33.3 Å². The lowest BCUT2D eigenvalue weighted by molar-refractivity contribution is 0.380. The van der Waals surface area contributed by atoms with Gasteiger partial charge in [0.25, 0.3) is 5.56 Å². The Hall–Kier alpha value is -2.52. The van der Waals surface area contributed by atoms with E-state index in [1.807, 2.05) is 25.3 Å². The van der Waals surface area contributed by atoms with Gasteiger partial charge in [0.05, 0.1) is 10.8 Å². The summed E-state index contributed by atoms with van der Waals surface area (Å²) in [7, 11) is 0. The Kier molecular flexibility index (Phi) is 5.03. The van der Waals surface area contributed by atoms with Crippen molar-refractivity contribution < 1.29 is 8.91 Å². The number of thioether (sulfide) groups is 1. The number of aryl methyl sites for hydroxylation is 1. The van der Waals surface area contributed by atoms with E-state index in [9.17, 15) is 9.18 Å². The van der Waals surface area contributed by atoms with Crippen molar-refractivity contribution in [1.82, 2.24) is 19.7 Å². The Labute approximate surface area is 168 Å². The van der Waals surface area contributed by atoms with Crippen LogP contribution in [0.15, 0.2) is 44.1 Å². The van der Waals surface area contributed by atoms with Gasteiger partial charge in [0, 0.05) is 12.1 Å². The van der Waals surface area contributed by atoms with Crippen LogP contribution in [-0.4, -0.2) is 19.7 Å². The molecule has 0 fully saturated rings. The zero-order chi connectivity index (χ0) is 19.8. The van der Waals surface area contributed by atoms with E-state index >= 15 is 0 Å². The summed E-state index contributed by atoms with van der Waals surface area (Å²) in [5.74, 6) is 0.408. The largest absolute Gasteiger partial charge is 0.338 e. The van der Waals surface area contributed by atoms with Gasteiger partial charge in [0.15, 0.2) is 5.16 Å². The number of rotatable bonds is 5. The second-order valence-electron chi connectivity index (χ2n) is 6.26. The minimum absolute atomic E-state index is 0.0430. The highest BCUT2D eigenvalue weighted by Crippen LogP contribution is 2.34. The van der Waals surface area contributed by atoms with Gasteiger partial charge in [-0.2, -0.15) is 4.98 Å². The predicted octanol–water partition coefficient (Wildman–Crippen LogP) is 4.83. The maximum Gasteiger partial charge on any atom is 0.272 e.